The summed E-state index contributed by atoms with van der Waals surface area (Å²) in [7, 11) is 0. The van der Waals surface area contributed by atoms with Crippen LogP contribution in [-0.4, -0.2) is 21.4 Å². The number of carbonyl (C=O) groups excluding carboxylic acids is 1. The van der Waals surface area contributed by atoms with Crippen LogP contribution in [0.1, 0.15) is 35.9 Å². The molecule has 0 aliphatic rings. The fraction of sp³-hybridized carbons (Fsp3) is 0.294. The number of anilines is 1. The maximum Gasteiger partial charge on any atom is 0.319 e. The van der Waals surface area contributed by atoms with Gasteiger partial charge in [-0.2, -0.15) is 0 Å². The molecule has 0 saturated heterocycles. The number of carbonyl (C=O) groups is 1. The van der Waals surface area contributed by atoms with Gasteiger partial charge in [0.15, 0.2) is 0 Å². The highest BCUT2D eigenvalue weighted by molar-refractivity contribution is 5.89. The second-order valence-electron chi connectivity index (χ2n) is 5.76. The zero-order valence-corrected chi connectivity index (χ0v) is 14.5. The van der Waals surface area contributed by atoms with Gasteiger partial charge in [-0.3, -0.25) is 0 Å². The largest absolute Gasteiger partial charge is 0.421 e. The molecule has 2 heterocycles. The summed E-state index contributed by atoms with van der Waals surface area (Å²) in [6.45, 7) is 7.29. The maximum atomic E-state index is 12.2. The van der Waals surface area contributed by atoms with E-state index < -0.39 is 0 Å². The molecule has 130 valence electrons. The quantitative estimate of drug-likeness (QED) is 0.752. The van der Waals surface area contributed by atoms with Gasteiger partial charge in [-0.1, -0.05) is 5.16 Å². The molecule has 0 aliphatic heterocycles. The zero-order valence-electron chi connectivity index (χ0n) is 14.5. The lowest BCUT2D eigenvalue weighted by molar-refractivity contribution is 0.249. The number of benzene rings is 1. The van der Waals surface area contributed by atoms with Gasteiger partial charge in [0.05, 0.1) is 11.7 Å². The number of nitrogens with one attached hydrogen (secondary N) is 2. The van der Waals surface area contributed by atoms with Gasteiger partial charge in [0.25, 0.3) is 0 Å². The van der Waals surface area contributed by atoms with Gasteiger partial charge in [-0.15, -0.1) is 10.2 Å². The number of aromatic nitrogens is 3. The van der Waals surface area contributed by atoms with Crippen LogP contribution in [0.4, 0.5) is 10.5 Å². The first-order chi connectivity index (χ1) is 11.9. The molecule has 0 spiro atoms. The normalized spacial score (nSPS) is 12.0. The molecule has 1 atom stereocenters. The van der Waals surface area contributed by atoms with Crippen molar-refractivity contribution < 1.29 is 13.7 Å². The Bertz CT molecular complexity index is 863. The molecule has 0 aliphatic carbocycles. The van der Waals surface area contributed by atoms with Crippen molar-refractivity contribution in [3.05, 3.63) is 47.2 Å². The van der Waals surface area contributed by atoms with Crippen molar-refractivity contribution in [1.29, 1.82) is 0 Å². The lowest BCUT2D eigenvalue weighted by Crippen LogP contribution is -2.31. The molecule has 2 N–H and O–H groups in total. The number of rotatable bonds is 4. The summed E-state index contributed by atoms with van der Waals surface area (Å²) in [6, 6.07) is 6.63. The first-order valence-electron chi connectivity index (χ1n) is 7.85. The van der Waals surface area contributed by atoms with Crippen LogP contribution in [0.5, 0.6) is 0 Å². The van der Waals surface area contributed by atoms with Crippen LogP contribution < -0.4 is 10.6 Å². The monoisotopic (exact) mass is 341 g/mol. The fourth-order valence-corrected chi connectivity index (χ4v) is 2.65. The number of nitrogens with zero attached hydrogens (tertiary/aromatic N) is 3. The summed E-state index contributed by atoms with van der Waals surface area (Å²) in [6.07, 6.45) is 0. The van der Waals surface area contributed by atoms with E-state index in [-0.39, 0.29) is 12.1 Å². The molecule has 1 aromatic carbocycles. The highest BCUT2D eigenvalue weighted by Crippen LogP contribution is 2.22. The standard InChI is InChI=1S/C17H19N5O3/c1-9(15-10(2)22-25-11(15)3)18-17(23)19-14-7-5-13(6-8-14)16-21-20-12(4)24-16/h5-9H,1-4H3,(H2,18,19,23). The molecule has 0 fully saturated rings. The Kier molecular flexibility index (Phi) is 4.51. The molecule has 25 heavy (non-hydrogen) atoms. The van der Waals surface area contributed by atoms with E-state index in [4.69, 9.17) is 8.94 Å². The Balaban J connectivity index is 1.63. The van der Waals surface area contributed by atoms with Crippen LogP contribution in [-0.2, 0) is 0 Å². The topological polar surface area (TPSA) is 106 Å². The minimum Gasteiger partial charge on any atom is -0.421 e. The van der Waals surface area contributed by atoms with Crippen molar-refractivity contribution in [1.82, 2.24) is 20.7 Å². The SMILES string of the molecule is Cc1nnc(-c2ccc(NC(=O)NC(C)c3c(C)noc3C)cc2)o1. The van der Waals surface area contributed by atoms with Crippen molar-refractivity contribution >= 4 is 11.7 Å². The minimum atomic E-state index is -0.311. The summed E-state index contributed by atoms with van der Waals surface area (Å²) >= 11 is 0. The van der Waals surface area contributed by atoms with Crippen molar-refractivity contribution in [3.8, 4) is 11.5 Å². The molecule has 2 aromatic heterocycles. The summed E-state index contributed by atoms with van der Waals surface area (Å²) in [5.74, 6) is 1.65. The van der Waals surface area contributed by atoms with E-state index in [1.54, 1.807) is 31.2 Å². The fourth-order valence-electron chi connectivity index (χ4n) is 2.65. The second-order valence-corrected chi connectivity index (χ2v) is 5.76. The lowest BCUT2D eigenvalue weighted by atomic mass is 10.1. The number of urea groups is 1. The van der Waals surface area contributed by atoms with Crippen LogP contribution in [0.3, 0.4) is 0 Å². The Labute approximate surface area is 144 Å². The molecular formula is C17H19N5O3. The van der Waals surface area contributed by atoms with E-state index >= 15 is 0 Å². The summed E-state index contributed by atoms with van der Waals surface area (Å²) in [5, 5.41) is 17.3. The summed E-state index contributed by atoms with van der Waals surface area (Å²) < 4.78 is 10.5. The first kappa shape index (κ1) is 16.7. The first-order valence-corrected chi connectivity index (χ1v) is 7.85. The molecule has 8 nitrogen and oxygen atoms in total. The number of aryl methyl sites for hydroxylation is 3. The van der Waals surface area contributed by atoms with E-state index in [1.807, 2.05) is 20.8 Å². The van der Waals surface area contributed by atoms with Crippen molar-refractivity contribution in [2.75, 3.05) is 5.32 Å². The van der Waals surface area contributed by atoms with Crippen LogP contribution >= 0.6 is 0 Å². The molecule has 0 radical (unpaired) electrons. The van der Waals surface area contributed by atoms with E-state index in [2.05, 4.69) is 26.0 Å². The van der Waals surface area contributed by atoms with E-state index in [0.29, 0.717) is 23.2 Å². The van der Waals surface area contributed by atoms with Gasteiger partial charge in [0, 0.05) is 23.7 Å². The Morgan fingerprint density at radius 3 is 2.40 bits per heavy atom. The van der Waals surface area contributed by atoms with Crippen LogP contribution in [0.25, 0.3) is 11.5 Å². The third-order valence-corrected chi connectivity index (χ3v) is 3.78. The molecule has 0 saturated carbocycles. The molecule has 3 aromatic rings. The Hall–Kier alpha value is -3.16. The molecule has 2 amide bonds. The summed E-state index contributed by atoms with van der Waals surface area (Å²) in [5.41, 5.74) is 3.10. The van der Waals surface area contributed by atoms with Gasteiger partial charge in [-0.05, 0) is 45.0 Å². The van der Waals surface area contributed by atoms with Gasteiger partial charge >= 0.3 is 6.03 Å². The predicted molar refractivity (Wildman–Crippen MR) is 91.0 cm³/mol. The minimum absolute atomic E-state index is 0.216. The molecular weight excluding hydrogens is 322 g/mol. The van der Waals surface area contributed by atoms with Crippen LogP contribution in [0.15, 0.2) is 33.2 Å². The zero-order chi connectivity index (χ0) is 18.0. The van der Waals surface area contributed by atoms with Gasteiger partial charge in [0.2, 0.25) is 11.8 Å². The van der Waals surface area contributed by atoms with E-state index in [1.165, 1.54) is 0 Å². The second kappa shape index (κ2) is 6.76. The number of hydrogen-bond acceptors (Lipinski definition) is 6. The Morgan fingerprint density at radius 2 is 1.84 bits per heavy atom. The van der Waals surface area contributed by atoms with Crippen molar-refractivity contribution in [2.24, 2.45) is 0 Å². The summed E-state index contributed by atoms with van der Waals surface area (Å²) in [4.78, 5) is 12.2. The van der Waals surface area contributed by atoms with E-state index in [9.17, 15) is 4.79 Å². The maximum absolute atomic E-state index is 12.2. The highest BCUT2D eigenvalue weighted by atomic mass is 16.5. The van der Waals surface area contributed by atoms with Gasteiger partial charge in [0.1, 0.15) is 5.76 Å². The van der Waals surface area contributed by atoms with Crippen molar-refractivity contribution in [3.63, 3.8) is 0 Å². The lowest BCUT2D eigenvalue weighted by Gasteiger charge is -2.14. The third-order valence-electron chi connectivity index (χ3n) is 3.78. The molecule has 1 unspecified atom stereocenters. The van der Waals surface area contributed by atoms with Gasteiger partial charge < -0.3 is 19.6 Å². The van der Waals surface area contributed by atoms with Crippen molar-refractivity contribution in [2.45, 2.75) is 33.7 Å². The van der Waals surface area contributed by atoms with Gasteiger partial charge in [-0.25, -0.2) is 4.79 Å². The number of amides is 2. The van der Waals surface area contributed by atoms with Crippen LogP contribution in [0, 0.1) is 20.8 Å². The predicted octanol–water partition coefficient (Wildman–Crippen LogP) is 3.53. The smallest absolute Gasteiger partial charge is 0.319 e. The number of hydrogen-bond donors (Lipinski definition) is 2. The molecule has 3 rings (SSSR count). The molecule has 0 bridgehead atoms. The average molecular weight is 341 g/mol. The van der Waals surface area contributed by atoms with Crippen LogP contribution in [0.2, 0.25) is 0 Å². The highest BCUT2D eigenvalue weighted by Gasteiger charge is 2.18. The Morgan fingerprint density at radius 1 is 1.12 bits per heavy atom. The average Bonchev–Trinajstić information content (AvgIpc) is 3.13. The van der Waals surface area contributed by atoms with E-state index in [0.717, 1.165) is 16.8 Å². The third kappa shape index (κ3) is 3.68. The molecule has 8 heteroatoms.